The zero-order valence-electron chi connectivity index (χ0n) is 16.6. The average Bonchev–Trinajstić information content (AvgIpc) is 2.71. The number of carbonyl (C=O) groups excluding carboxylic acids is 2. The van der Waals surface area contributed by atoms with E-state index in [1.165, 1.54) is 12.1 Å². The molecule has 1 fully saturated rings. The summed E-state index contributed by atoms with van der Waals surface area (Å²) in [5.41, 5.74) is 1.12. The van der Waals surface area contributed by atoms with Crippen molar-refractivity contribution in [3.05, 3.63) is 54.1 Å². The van der Waals surface area contributed by atoms with Crippen LogP contribution in [0.5, 0.6) is 5.75 Å². The number of nitrogens with zero attached hydrogens (tertiary/aromatic N) is 3. The number of carbonyl (C=O) groups is 2. The van der Waals surface area contributed by atoms with Gasteiger partial charge in [0, 0.05) is 12.1 Å². The van der Waals surface area contributed by atoms with E-state index in [2.05, 4.69) is 10.2 Å². The minimum atomic E-state index is -0.615. The number of rotatable bonds is 5. The molecule has 2 aromatic rings. The Balaban J connectivity index is 1.66. The van der Waals surface area contributed by atoms with E-state index < -0.39 is 5.97 Å². The van der Waals surface area contributed by atoms with Gasteiger partial charge in [0.05, 0.1) is 11.3 Å². The molecule has 0 unspecified atom stereocenters. The lowest BCUT2D eigenvalue weighted by Gasteiger charge is -2.38. The number of hydrogen-bond donors (Lipinski definition) is 1. The molecule has 152 valence electrons. The van der Waals surface area contributed by atoms with Crippen molar-refractivity contribution >= 4 is 23.3 Å². The fourth-order valence-electron chi connectivity index (χ4n) is 3.56. The Hall–Kier alpha value is -3.22. The summed E-state index contributed by atoms with van der Waals surface area (Å²) in [5.74, 6) is -0.660. The van der Waals surface area contributed by atoms with Gasteiger partial charge in [-0.15, -0.1) is 5.11 Å². The second kappa shape index (κ2) is 9.32. The Kier molecular flexibility index (Phi) is 6.59. The third-order valence-corrected chi connectivity index (χ3v) is 5.06. The standard InChI is InChI=1S/C22H25N3O4/c1-15-6-5-7-16(2)25(15)21(27)14-29-22(28)19-8-3-4-9-20(19)24-23-17-10-12-18(26)13-11-17/h3-4,8-13,15-16,26H,5-7,14H2,1-2H3/t15-,16-/m1/s1. The summed E-state index contributed by atoms with van der Waals surface area (Å²) in [4.78, 5) is 26.9. The largest absolute Gasteiger partial charge is 0.508 e. The van der Waals surface area contributed by atoms with E-state index in [1.54, 1.807) is 36.4 Å². The molecule has 0 bridgehead atoms. The molecule has 1 aliphatic heterocycles. The highest BCUT2D eigenvalue weighted by atomic mass is 16.5. The molecule has 1 amide bonds. The molecule has 7 nitrogen and oxygen atoms in total. The fraction of sp³-hybridized carbons (Fsp3) is 0.364. The van der Waals surface area contributed by atoms with Gasteiger partial charge in [0.2, 0.25) is 0 Å². The minimum absolute atomic E-state index is 0.134. The highest BCUT2D eigenvalue weighted by molar-refractivity contribution is 5.96. The van der Waals surface area contributed by atoms with Crippen molar-refractivity contribution in [3.8, 4) is 5.75 Å². The van der Waals surface area contributed by atoms with E-state index in [9.17, 15) is 14.7 Å². The van der Waals surface area contributed by atoms with Gasteiger partial charge in [-0.25, -0.2) is 4.79 Å². The predicted molar refractivity (Wildman–Crippen MR) is 109 cm³/mol. The van der Waals surface area contributed by atoms with Crippen molar-refractivity contribution in [3.63, 3.8) is 0 Å². The van der Waals surface area contributed by atoms with Crippen molar-refractivity contribution in [1.82, 2.24) is 4.90 Å². The van der Waals surface area contributed by atoms with Gasteiger partial charge in [-0.1, -0.05) is 12.1 Å². The third-order valence-electron chi connectivity index (χ3n) is 5.06. The van der Waals surface area contributed by atoms with Crippen molar-refractivity contribution in [1.29, 1.82) is 0 Å². The maximum Gasteiger partial charge on any atom is 0.340 e. The lowest BCUT2D eigenvalue weighted by molar-refractivity contribution is -0.140. The number of ether oxygens (including phenoxy) is 1. The highest BCUT2D eigenvalue weighted by Crippen LogP contribution is 2.25. The van der Waals surface area contributed by atoms with Crippen LogP contribution in [0, 0.1) is 0 Å². The summed E-state index contributed by atoms with van der Waals surface area (Å²) in [6, 6.07) is 13.2. The van der Waals surface area contributed by atoms with Crippen molar-refractivity contribution in [2.75, 3.05) is 6.61 Å². The summed E-state index contributed by atoms with van der Waals surface area (Å²) in [6.45, 7) is 3.75. The van der Waals surface area contributed by atoms with Crippen LogP contribution in [0.15, 0.2) is 58.8 Å². The van der Waals surface area contributed by atoms with Gasteiger partial charge in [-0.2, -0.15) is 5.11 Å². The van der Waals surface area contributed by atoms with Crippen LogP contribution < -0.4 is 0 Å². The normalized spacial score (nSPS) is 19.3. The zero-order valence-corrected chi connectivity index (χ0v) is 16.6. The molecular weight excluding hydrogens is 370 g/mol. The van der Waals surface area contributed by atoms with E-state index in [-0.39, 0.29) is 35.9 Å². The zero-order chi connectivity index (χ0) is 20.8. The first-order valence-corrected chi connectivity index (χ1v) is 9.74. The Labute approximate surface area is 170 Å². The topological polar surface area (TPSA) is 91.6 Å². The molecular formula is C22H25N3O4. The average molecular weight is 395 g/mol. The Bertz CT molecular complexity index is 885. The van der Waals surface area contributed by atoms with E-state index in [0.717, 1.165) is 19.3 Å². The van der Waals surface area contributed by atoms with Gasteiger partial charge in [0.15, 0.2) is 6.61 Å². The lowest BCUT2D eigenvalue weighted by atomic mass is 9.97. The number of azo groups is 1. The van der Waals surface area contributed by atoms with Gasteiger partial charge in [-0.3, -0.25) is 4.79 Å². The van der Waals surface area contributed by atoms with Crippen molar-refractivity contribution < 1.29 is 19.4 Å². The fourth-order valence-corrected chi connectivity index (χ4v) is 3.56. The Morgan fingerprint density at radius 1 is 1.03 bits per heavy atom. The number of hydrogen-bond acceptors (Lipinski definition) is 6. The third kappa shape index (κ3) is 5.19. The van der Waals surface area contributed by atoms with E-state index >= 15 is 0 Å². The molecule has 29 heavy (non-hydrogen) atoms. The monoisotopic (exact) mass is 395 g/mol. The summed E-state index contributed by atoms with van der Waals surface area (Å²) >= 11 is 0. The number of amides is 1. The van der Waals surface area contributed by atoms with Gasteiger partial charge in [-0.05, 0) is 69.5 Å². The van der Waals surface area contributed by atoms with Crippen LogP contribution in [0.1, 0.15) is 43.5 Å². The first-order chi connectivity index (χ1) is 14.0. The first kappa shape index (κ1) is 20.5. The second-order valence-electron chi connectivity index (χ2n) is 7.24. The molecule has 7 heteroatoms. The molecule has 2 aromatic carbocycles. The number of aromatic hydroxyl groups is 1. The van der Waals surface area contributed by atoms with Crippen molar-refractivity contribution in [2.45, 2.75) is 45.2 Å². The van der Waals surface area contributed by atoms with E-state index in [4.69, 9.17) is 4.74 Å². The molecule has 0 radical (unpaired) electrons. The lowest BCUT2D eigenvalue weighted by Crippen LogP contribution is -2.49. The molecule has 0 spiro atoms. The minimum Gasteiger partial charge on any atom is -0.508 e. The Morgan fingerprint density at radius 3 is 2.38 bits per heavy atom. The molecule has 1 aliphatic rings. The van der Waals surface area contributed by atoms with Crippen LogP contribution in [0.4, 0.5) is 11.4 Å². The molecule has 1 saturated heterocycles. The maximum atomic E-state index is 12.6. The molecule has 0 aliphatic carbocycles. The van der Waals surface area contributed by atoms with Crippen LogP contribution in [0.25, 0.3) is 0 Å². The number of benzene rings is 2. The first-order valence-electron chi connectivity index (χ1n) is 9.74. The number of likely N-dealkylation sites (tertiary alicyclic amines) is 1. The van der Waals surface area contributed by atoms with Crippen LogP contribution in [-0.4, -0.2) is 40.6 Å². The molecule has 3 rings (SSSR count). The second-order valence-corrected chi connectivity index (χ2v) is 7.24. The van der Waals surface area contributed by atoms with Crippen molar-refractivity contribution in [2.24, 2.45) is 10.2 Å². The summed E-state index contributed by atoms with van der Waals surface area (Å²) in [5, 5.41) is 17.5. The van der Waals surface area contributed by atoms with Crippen LogP contribution in [0.3, 0.4) is 0 Å². The van der Waals surface area contributed by atoms with Crippen LogP contribution in [-0.2, 0) is 9.53 Å². The number of phenols is 1. The van der Waals surface area contributed by atoms with E-state index in [0.29, 0.717) is 11.4 Å². The molecule has 1 heterocycles. The molecule has 2 atom stereocenters. The SMILES string of the molecule is C[C@@H]1CCC[C@@H](C)N1C(=O)COC(=O)c1ccccc1N=Nc1ccc(O)cc1. The summed E-state index contributed by atoms with van der Waals surface area (Å²) < 4.78 is 5.28. The maximum absolute atomic E-state index is 12.6. The molecule has 1 N–H and O–H groups in total. The van der Waals surface area contributed by atoms with Gasteiger partial charge in [0.1, 0.15) is 11.4 Å². The Morgan fingerprint density at radius 2 is 1.69 bits per heavy atom. The van der Waals surface area contributed by atoms with Gasteiger partial charge < -0.3 is 14.7 Å². The highest BCUT2D eigenvalue weighted by Gasteiger charge is 2.29. The van der Waals surface area contributed by atoms with Crippen LogP contribution in [0.2, 0.25) is 0 Å². The number of esters is 1. The summed E-state index contributed by atoms with van der Waals surface area (Å²) in [7, 11) is 0. The number of piperidine rings is 1. The van der Waals surface area contributed by atoms with Gasteiger partial charge in [0.25, 0.3) is 5.91 Å². The van der Waals surface area contributed by atoms with E-state index in [1.807, 2.05) is 18.7 Å². The molecule has 0 aromatic heterocycles. The molecule has 0 saturated carbocycles. The summed E-state index contributed by atoms with van der Waals surface area (Å²) in [6.07, 6.45) is 3.03. The smallest absolute Gasteiger partial charge is 0.340 e. The predicted octanol–water partition coefficient (Wildman–Crippen LogP) is 4.75. The van der Waals surface area contributed by atoms with Crippen LogP contribution >= 0.6 is 0 Å². The quantitative estimate of drug-likeness (QED) is 0.584. The van der Waals surface area contributed by atoms with Gasteiger partial charge >= 0.3 is 5.97 Å². The number of phenolic OH excluding ortho intramolecular Hbond substituents is 1.